The van der Waals surface area contributed by atoms with Crippen LogP contribution in [0.25, 0.3) is 0 Å². The number of fused-ring (bicyclic) bond motifs is 1. The molecule has 3 aliphatic rings. The Morgan fingerprint density at radius 1 is 1.05 bits per heavy atom. The summed E-state index contributed by atoms with van der Waals surface area (Å²) in [4.78, 5) is 14.9. The summed E-state index contributed by atoms with van der Waals surface area (Å²) >= 11 is 0. The van der Waals surface area contributed by atoms with E-state index in [1.165, 1.54) is 44.9 Å². The average molecular weight is 278 g/mol. The number of nitrogens with two attached hydrogens (primary N) is 1. The molecule has 3 heteroatoms. The van der Waals surface area contributed by atoms with Gasteiger partial charge >= 0.3 is 0 Å². The smallest absolute Gasteiger partial charge is 0.225 e. The minimum Gasteiger partial charge on any atom is -0.342 e. The van der Waals surface area contributed by atoms with Crippen LogP contribution in [0.1, 0.15) is 57.8 Å². The molecule has 2 saturated carbocycles. The molecule has 20 heavy (non-hydrogen) atoms. The van der Waals surface area contributed by atoms with Gasteiger partial charge < -0.3 is 10.6 Å². The number of carbonyl (C=O) groups is 1. The van der Waals surface area contributed by atoms with Crippen LogP contribution in [0.15, 0.2) is 0 Å². The van der Waals surface area contributed by atoms with Crippen molar-refractivity contribution < 1.29 is 4.79 Å². The average Bonchev–Trinajstić information content (AvgIpc) is 2.95. The lowest BCUT2D eigenvalue weighted by Gasteiger charge is -2.39. The van der Waals surface area contributed by atoms with Gasteiger partial charge in [0, 0.05) is 19.0 Å². The van der Waals surface area contributed by atoms with Gasteiger partial charge in [0.05, 0.1) is 0 Å². The summed E-state index contributed by atoms with van der Waals surface area (Å²) in [6.07, 6.45) is 11.5. The molecule has 2 aliphatic carbocycles. The van der Waals surface area contributed by atoms with Crippen LogP contribution in [-0.2, 0) is 4.79 Å². The molecule has 4 atom stereocenters. The van der Waals surface area contributed by atoms with E-state index in [9.17, 15) is 4.79 Å². The van der Waals surface area contributed by atoms with Gasteiger partial charge in [0.15, 0.2) is 0 Å². The van der Waals surface area contributed by atoms with E-state index in [1.807, 2.05) is 0 Å². The normalized spacial score (nSPS) is 37.8. The molecule has 0 aromatic rings. The maximum absolute atomic E-state index is 12.7. The molecule has 1 saturated heterocycles. The number of carbonyl (C=O) groups excluding carboxylic acids is 1. The highest BCUT2D eigenvalue weighted by molar-refractivity contribution is 5.79. The van der Waals surface area contributed by atoms with Gasteiger partial charge in [-0.15, -0.1) is 0 Å². The monoisotopic (exact) mass is 278 g/mol. The molecule has 3 rings (SSSR count). The maximum atomic E-state index is 12.7. The summed E-state index contributed by atoms with van der Waals surface area (Å²) in [5, 5.41) is 0. The predicted molar refractivity (Wildman–Crippen MR) is 81.1 cm³/mol. The van der Waals surface area contributed by atoms with Crippen LogP contribution in [0.2, 0.25) is 0 Å². The number of nitrogens with zero attached hydrogens (tertiary/aromatic N) is 1. The molecule has 1 aliphatic heterocycles. The Labute approximate surface area is 123 Å². The number of hydrogen-bond acceptors (Lipinski definition) is 2. The van der Waals surface area contributed by atoms with Crippen LogP contribution in [0, 0.1) is 23.7 Å². The molecule has 3 fully saturated rings. The molecule has 1 amide bonds. The first-order chi connectivity index (χ1) is 9.78. The largest absolute Gasteiger partial charge is 0.342 e. The number of amides is 1. The summed E-state index contributed by atoms with van der Waals surface area (Å²) in [5.74, 6) is 3.26. The molecule has 0 aromatic carbocycles. The Kier molecular flexibility index (Phi) is 4.65. The third kappa shape index (κ3) is 3.03. The van der Waals surface area contributed by atoms with Gasteiger partial charge in [-0.25, -0.2) is 0 Å². The van der Waals surface area contributed by atoms with E-state index >= 15 is 0 Å². The van der Waals surface area contributed by atoms with E-state index in [0.29, 0.717) is 17.7 Å². The standard InChI is InChI=1S/C17H30N2O/c18-9-7-13-8-10-19(12-13)17(20)16-6-5-14-3-1-2-4-15(14)11-16/h13-16H,1-12,18H2. The Bertz CT molecular complexity index is 344. The maximum Gasteiger partial charge on any atom is 0.225 e. The highest BCUT2D eigenvalue weighted by Gasteiger charge is 2.37. The first kappa shape index (κ1) is 14.4. The fraction of sp³-hybridized carbons (Fsp3) is 0.941. The van der Waals surface area contributed by atoms with Crippen LogP contribution < -0.4 is 5.73 Å². The molecule has 4 unspecified atom stereocenters. The number of rotatable bonds is 3. The van der Waals surface area contributed by atoms with E-state index in [4.69, 9.17) is 5.73 Å². The third-order valence-corrected chi connectivity index (χ3v) is 6.06. The molecule has 0 radical (unpaired) electrons. The molecule has 0 bridgehead atoms. The van der Waals surface area contributed by atoms with Crippen LogP contribution in [0.3, 0.4) is 0 Å². The van der Waals surface area contributed by atoms with Crippen molar-refractivity contribution in [2.75, 3.05) is 19.6 Å². The summed E-state index contributed by atoms with van der Waals surface area (Å²) in [6, 6.07) is 0. The third-order valence-electron chi connectivity index (χ3n) is 6.06. The zero-order valence-corrected chi connectivity index (χ0v) is 12.7. The van der Waals surface area contributed by atoms with Gasteiger partial charge in [-0.3, -0.25) is 4.79 Å². The summed E-state index contributed by atoms with van der Waals surface area (Å²) in [5.41, 5.74) is 5.64. The van der Waals surface area contributed by atoms with Crippen LogP contribution in [0.4, 0.5) is 0 Å². The van der Waals surface area contributed by atoms with E-state index < -0.39 is 0 Å². The lowest BCUT2D eigenvalue weighted by atomic mass is 9.67. The van der Waals surface area contributed by atoms with Crippen molar-refractivity contribution in [3.63, 3.8) is 0 Å². The lowest BCUT2D eigenvalue weighted by molar-refractivity contribution is -0.137. The number of likely N-dealkylation sites (tertiary alicyclic amines) is 1. The Morgan fingerprint density at radius 3 is 2.65 bits per heavy atom. The molecule has 1 heterocycles. The first-order valence-corrected chi connectivity index (χ1v) is 8.76. The van der Waals surface area contributed by atoms with Crippen molar-refractivity contribution in [2.24, 2.45) is 29.4 Å². The van der Waals surface area contributed by atoms with E-state index in [0.717, 1.165) is 44.3 Å². The van der Waals surface area contributed by atoms with Crippen LogP contribution >= 0.6 is 0 Å². The fourth-order valence-corrected chi connectivity index (χ4v) is 4.86. The van der Waals surface area contributed by atoms with Gasteiger partial charge in [0.25, 0.3) is 0 Å². The molecular weight excluding hydrogens is 248 g/mol. The Balaban J connectivity index is 1.53. The molecule has 2 N–H and O–H groups in total. The van der Waals surface area contributed by atoms with Crippen molar-refractivity contribution in [2.45, 2.75) is 57.8 Å². The molecule has 0 spiro atoms. The van der Waals surface area contributed by atoms with E-state index in [-0.39, 0.29) is 0 Å². The summed E-state index contributed by atoms with van der Waals surface area (Å²) in [6.45, 7) is 2.72. The molecule has 3 nitrogen and oxygen atoms in total. The second-order valence-electron chi connectivity index (χ2n) is 7.33. The molecule has 0 aromatic heterocycles. The van der Waals surface area contributed by atoms with Gasteiger partial charge in [0.1, 0.15) is 0 Å². The lowest BCUT2D eigenvalue weighted by Crippen LogP contribution is -2.39. The number of hydrogen-bond donors (Lipinski definition) is 1. The van der Waals surface area contributed by atoms with Crippen LogP contribution in [-0.4, -0.2) is 30.4 Å². The quantitative estimate of drug-likeness (QED) is 0.863. The Hall–Kier alpha value is -0.570. The van der Waals surface area contributed by atoms with Crippen molar-refractivity contribution in [1.29, 1.82) is 0 Å². The van der Waals surface area contributed by atoms with Crippen molar-refractivity contribution in [1.82, 2.24) is 4.90 Å². The van der Waals surface area contributed by atoms with Crippen LogP contribution in [0.5, 0.6) is 0 Å². The van der Waals surface area contributed by atoms with E-state index in [2.05, 4.69) is 4.90 Å². The summed E-state index contributed by atoms with van der Waals surface area (Å²) in [7, 11) is 0. The Morgan fingerprint density at radius 2 is 1.85 bits per heavy atom. The SMILES string of the molecule is NCCC1CCN(C(=O)C2CCC3CCCCC3C2)C1. The fourth-order valence-electron chi connectivity index (χ4n) is 4.86. The van der Waals surface area contributed by atoms with Gasteiger partial charge in [-0.2, -0.15) is 0 Å². The van der Waals surface area contributed by atoms with E-state index in [1.54, 1.807) is 0 Å². The minimum atomic E-state index is 0.339. The minimum absolute atomic E-state index is 0.339. The van der Waals surface area contributed by atoms with Crippen molar-refractivity contribution in [3.8, 4) is 0 Å². The summed E-state index contributed by atoms with van der Waals surface area (Å²) < 4.78 is 0. The second-order valence-corrected chi connectivity index (χ2v) is 7.33. The highest BCUT2D eigenvalue weighted by atomic mass is 16.2. The van der Waals surface area contributed by atoms with Crippen molar-refractivity contribution in [3.05, 3.63) is 0 Å². The predicted octanol–water partition coefficient (Wildman–Crippen LogP) is 2.79. The van der Waals surface area contributed by atoms with Gasteiger partial charge in [0.2, 0.25) is 5.91 Å². The molecular formula is C17H30N2O. The topological polar surface area (TPSA) is 46.3 Å². The molecule has 114 valence electrons. The zero-order chi connectivity index (χ0) is 13.9. The zero-order valence-electron chi connectivity index (χ0n) is 12.7. The van der Waals surface area contributed by atoms with Gasteiger partial charge in [-0.1, -0.05) is 25.7 Å². The first-order valence-electron chi connectivity index (χ1n) is 8.76. The van der Waals surface area contributed by atoms with Gasteiger partial charge in [-0.05, 0) is 56.4 Å². The van der Waals surface area contributed by atoms with Crippen molar-refractivity contribution >= 4 is 5.91 Å². The second kappa shape index (κ2) is 6.46. The highest BCUT2D eigenvalue weighted by Crippen LogP contribution is 2.43.